The lowest BCUT2D eigenvalue weighted by atomic mass is 10.1. The van der Waals surface area contributed by atoms with Gasteiger partial charge in [0.15, 0.2) is 11.5 Å². The lowest BCUT2D eigenvalue weighted by Gasteiger charge is -2.20. The van der Waals surface area contributed by atoms with Crippen LogP contribution in [0.25, 0.3) is 0 Å². The van der Waals surface area contributed by atoms with Gasteiger partial charge in [0.05, 0.1) is 11.4 Å². The highest BCUT2D eigenvalue weighted by molar-refractivity contribution is 6.32. The van der Waals surface area contributed by atoms with E-state index in [0.29, 0.717) is 36.3 Å². The molecular weight excluding hydrogens is 315 g/mol. The molecule has 118 valence electrons. The van der Waals surface area contributed by atoms with Crippen molar-refractivity contribution in [3.05, 3.63) is 22.7 Å². The Balaban J connectivity index is 0.00000220. The first kappa shape index (κ1) is 17.9. The number of carbonyl (C=O) groups excluding carboxylic acids is 1. The molecule has 1 heterocycles. The van der Waals surface area contributed by atoms with Crippen LogP contribution in [0, 0.1) is 0 Å². The monoisotopic (exact) mass is 334 g/mol. The summed E-state index contributed by atoms with van der Waals surface area (Å²) in [4.78, 5) is 11.8. The Labute approximate surface area is 135 Å². The van der Waals surface area contributed by atoms with Crippen LogP contribution in [0.2, 0.25) is 5.02 Å². The zero-order chi connectivity index (χ0) is 14.4. The van der Waals surface area contributed by atoms with E-state index in [4.69, 9.17) is 21.1 Å². The Kier molecular flexibility index (Phi) is 7.64. The van der Waals surface area contributed by atoms with Crippen LogP contribution < -0.4 is 20.1 Å². The fourth-order valence-corrected chi connectivity index (χ4v) is 2.27. The second-order valence-electron chi connectivity index (χ2n) is 4.48. The molecule has 0 aromatic heterocycles. The summed E-state index contributed by atoms with van der Waals surface area (Å²) in [7, 11) is 0. The molecule has 2 rings (SSSR count). The molecule has 0 bridgehead atoms. The number of fused-ring (bicyclic) bond motifs is 1. The lowest BCUT2D eigenvalue weighted by Crippen LogP contribution is -2.32. The van der Waals surface area contributed by atoms with Crippen LogP contribution in [0.4, 0.5) is 0 Å². The summed E-state index contributed by atoms with van der Waals surface area (Å²) in [5.74, 6) is 1.14. The predicted molar refractivity (Wildman–Crippen MR) is 84.9 cm³/mol. The Morgan fingerprint density at radius 2 is 2.05 bits per heavy atom. The highest BCUT2D eigenvalue weighted by Crippen LogP contribution is 2.38. The van der Waals surface area contributed by atoms with Crippen molar-refractivity contribution < 1.29 is 14.3 Å². The molecule has 1 aromatic rings. The average Bonchev–Trinajstić information content (AvgIpc) is 2.44. The molecule has 0 aliphatic carbocycles. The maximum absolute atomic E-state index is 11.8. The Morgan fingerprint density at radius 3 is 2.81 bits per heavy atom. The largest absolute Gasteiger partial charge is 0.486 e. The van der Waals surface area contributed by atoms with Crippen LogP contribution in [0.5, 0.6) is 11.5 Å². The molecule has 0 saturated heterocycles. The number of nitrogens with one attached hydrogen (secondary N) is 2. The van der Waals surface area contributed by atoms with Gasteiger partial charge in [0.2, 0.25) is 5.91 Å². The fourth-order valence-electron chi connectivity index (χ4n) is 1.98. The van der Waals surface area contributed by atoms with Crippen LogP contribution in [0.1, 0.15) is 12.5 Å². The molecule has 1 aliphatic rings. The van der Waals surface area contributed by atoms with Crippen molar-refractivity contribution in [2.24, 2.45) is 0 Å². The van der Waals surface area contributed by atoms with E-state index < -0.39 is 0 Å². The van der Waals surface area contributed by atoms with Gasteiger partial charge in [-0.25, -0.2) is 0 Å². The zero-order valence-electron chi connectivity index (χ0n) is 11.9. The maximum atomic E-state index is 11.8. The van der Waals surface area contributed by atoms with Crippen molar-refractivity contribution in [1.29, 1.82) is 0 Å². The van der Waals surface area contributed by atoms with E-state index in [1.54, 1.807) is 6.07 Å². The quantitative estimate of drug-likeness (QED) is 0.779. The van der Waals surface area contributed by atoms with Crippen molar-refractivity contribution >= 4 is 29.9 Å². The van der Waals surface area contributed by atoms with Gasteiger partial charge in [-0.3, -0.25) is 4.79 Å². The molecule has 0 spiro atoms. The average molecular weight is 335 g/mol. The normalized spacial score (nSPS) is 12.5. The van der Waals surface area contributed by atoms with Gasteiger partial charge in [-0.1, -0.05) is 18.5 Å². The summed E-state index contributed by atoms with van der Waals surface area (Å²) in [6.07, 6.45) is 0.280. The Morgan fingerprint density at radius 1 is 1.29 bits per heavy atom. The van der Waals surface area contributed by atoms with E-state index in [0.717, 1.165) is 18.7 Å². The number of ether oxygens (including phenoxy) is 2. The third-order valence-corrected chi connectivity index (χ3v) is 3.18. The number of hydrogen-bond donors (Lipinski definition) is 2. The van der Waals surface area contributed by atoms with Gasteiger partial charge >= 0.3 is 0 Å². The van der Waals surface area contributed by atoms with Crippen molar-refractivity contribution in [3.8, 4) is 11.5 Å². The van der Waals surface area contributed by atoms with Crippen LogP contribution in [-0.2, 0) is 11.2 Å². The number of likely N-dealkylation sites (N-methyl/N-ethyl adjacent to an activating group) is 1. The molecule has 0 radical (unpaired) electrons. The summed E-state index contributed by atoms with van der Waals surface area (Å²) in [6, 6.07) is 3.56. The molecule has 1 amide bonds. The third-order valence-electron chi connectivity index (χ3n) is 2.90. The van der Waals surface area contributed by atoms with E-state index in [2.05, 4.69) is 10.6 Å². The highest BCUT2D eigenvalue weighted by atomic mass is 35.5. The molecular formula is C14H20Cl2N2O3. The standard InChI is InChI=1S/C14H19ClN2O3.ClH/c1-2-16-3-4-17-13(18)9-10-7-11(15)14-12(8-10)19-5-6-20-14;/h7-8,16H,2-6,9H2,1H3,(H,17,18);1H. The second kappa shape index (κ2) is 8.97. The Hall–Kier alpha value is -1.17. The van der Waals surface area contributed by atoms with E-state index in [1.165, 1.54) is 0 Å². The van der Waals surface area contributed by atoms with Gasteiger partial charge < -0.3 is 20.1 Å². The molecule has 0 saturated carbocycles. The summed E-state index contributed by atoms with van der Waals surface area (Å²) in [5, 5.41) is 6.48. The topological polar surface area (TPSA) is 59.6 Å². The van der Waals surface area contributed by atoms with Crippen LogP contribution in [0.15, 0.2) is 12.1 Å². The number of hydrogen-bond acceptors (Lipinski definition) is 4. The van der Waals surface area contributed by atoms with Gasteiger partial charge in [0.1, 0.15) is 13.2 Å². The van der Waals surface area contributed by atoms with Crippen LogP contribution in [0.3, 0.4) is 0 Å². The molecule has 5 nitrogen and oxygen atoms in total. The smallest absolute Gasteiger partial charge is 0.224 e. The first-order valence-corrected chi connectivity index (χ1v) is 7.14. The fraction of sp³-hybridized carbons (Fsp3) is 0.500. The van der Waals surface area contributed by atoms with Gasteiger partial charge in [-0.2, -0.15) is 0 Å². The van der Waals surface area contributed by atoms with Crippen LogP contribution in [-0.4, -0.2) is 38.8 Å². The zero-order valence-corrected chi connectivity index (χ0v) is 13.5. The van der Waals surface area contributed by atoms with Gasteiger partial charge in [-0.05, 0) is 24.2 Å². The molecule has 21 heavy (non-hydrogen) atoms. The maximum Gasteiger partial charge on any atom is 0.224 e. The molecule has 0 atom stereocenters. The molecule has 1 aliphatic heterocycles. The van der Waals surface area contributed by atoms with Crippen molar-refractivity contribution in [3.63, 3.8) is 0 Å². The summed E-state index contributed by atoms with van der Waals surface area (Å²) in [6.45, 7) is 5.31. The van der Waals surface area contributed by atoms with E-state index >= 15 is 0 Å². The van der Waals surface area contributed by atoms with E-state index in [9.17, 15) is 4.79 Å². The SMILES string of the molecule is CCNCCNC(=O)Cc1cc(Cl)c2c(c1)OCCO2.Cl. The number of carbonyl (C=O) groups is 1. The second-order valence-corrected chi connectivity index (χ2v) is 4.89. The van der Waals surface area contributed by atoms with Gasteiger partial charge in [0, 0.05) is 13.1 Å². The molecule has 0 fully saturated rings. The predicted octanol–water partition coefficient (Wildman–Crippen LogP) is 1.80. The minimum absolute atomic E-state index is 0. The molecule has 0 unspecified atom stereocenters. The van der Waals surface area contributed by atoms with Gasteiger partial charge in [-0.15, -0.1) is 12.4 Å². The summed E-state index contributed by atoms with van der Waals surface area (Å²) >= 11 is 6.13. The lowest BCUT2D eigenvalue weighted by molar-refractivity contribution is -0.120. The van der Waals surface area contributed by atoms with Gasteiger partial charge in [0.25, 0.3) is 0 Å². The first-order chi connectivity index (χ1) is 9.70. The van der Waals surface area contributed by atoms with Crippen molar-refractivity contribution in [2.45, 2.75) is 13.3 Å². The highest BCUT2D eigenvalue weighted by Gasteiger charge is 2.17. The number of amides is 1. The molecule has 2 N–H and O–H groups in total. The first-order valence-electron chi connectivity index (χ1n) is 6.76. The Bertz CT molecular complexity index is 484. The minimum Gasteiger partial charge on any atom is -0.486 e. The summed E-state index contributed by atoms with van der Waals surface area (Å²) < 4.78 is 10.9. The summed E-state index contributed by atoms with van der Waals surface area (Å²) in [5.41, 5.74) is 0.820. The van der Waals surface area contributed by atoms with Crippen molar-refractivity contribution in [1.82, 2.24) is 10.6 Å². The van der Waals surface area contributed by atoms with Crippen LogP contribution >= 0.6 is 24.0 Å². The van der Waals surface area contributed by atoms with E-state index in [1.807, 2.05) is 13.0 Å². The van der Waals surface area contributed by atoms with Crippen molar-refractivity contribution in [2.75, 3.05) is 32.8 Å². The third kappa shape index (κ3) is 5.26. The van der Waals surface area contributed by atoms with E-state index in [-0.39, 0.29) is 24.7 Å². The number of rotatable bonds is 6. The minimum atomic E-state index is -0.0318. The number of halogens is 2. The number of benzene rings is 1. The molecule has 7 heteroatoms. The molecule has 1 aromatic carbocycles.